The van der Waals surface area contributed by atoms with Gasteiger partial charge in [-0.25, -0.2) is 0 Å². The molecule has 0 heterocycles. The summed E-state index contributed by atoms with van der Waals surface area (Å²) in [4.78, 5) is 12.0. The summed E-state index contributed by atoms with van der Waals surface area (Å²) in [5.41, 5.74) is 1.47. The van der Waals surface area contributed by atoms with Gasteiger partial charge in [0, 0.05) is 6.42 Å². The number of hydrogen-bond donors (Lipinski definition) is 1. The Morgan fingerprint density at radius 1 is 1.37 bits per heavy atom. The van der Waals surface area contributed by atoms with Crippen molar-refractivity contribution in [2.45, 2.75) is 45.1 Å². The zero-order valence-electron chi connectivity index (χ0n) is 11.7. The van der Waals surface area contributed by atoms with Gasteiger partial charge in [0.25, 0.3) is 0 Å². The van der Waals surface area contributed by atoms with Gasteiger partial charge < -0.3 is 9.84 Å². The predicted octanol–water partition coefficient (Wildman–Crippen LogP) is 2.50. The number of rotatable bonds is 4. The molecule has 1 aliphatic rings. The van der Waals surface area contributed by atoms with Gasteiger partial charge in [0.1, 0.15) is 0 Å². The maximum absolute atomic E-state index is 12.0. The molecule has 0 aliphatic heterocycles. The van der Waals surface area contributed by atoms with E-state index in [9.17, 15) is 9.90 Å². The number of esters is 1. The first kappa shape index (κ1) is 14.1. The second-order valence-corrected chi connectivity index (χ2v) is 5.26. The minimum Gasteiger partial charge on any atom is -0.466 e. The largest absolute Gasteiger partial charge is 0.466 e. The topological polar surface area (TPSA) is 46.5 Å². The van der Waals surface area contributed by atoms with E-state index in [4.69, 9.17) is 4.74 Å². The molecule has 104 valence electrons. The molecule has 2 rings (SSSR count). The lowest BCUT2D eigenvalue weighted by Gasteiger charge is -2.38. The second-order valence-electron chi connectivity index (χ2n) is 5.26. The SMILES string of the molecule is CCOC(=O)C(CC)C1(O)CCc2ccccc2C1. The van der Waals surface area contributed by atoms with Crippen LogP contribution in [0.5, 0.6) is 0 Å². The molecule has 0 saturated carbocycles. The Hall–Kier alpha value is -1.35. The molecule has 2 atom stereocenters. The van der Waals surface area contributed by atoms with Crippen LogP contribution in [-0.4, -0.2) is 23.3 Å². The van der Waals surface area contributed by atoms with Crippen LogP contribution in [0.2, 0.25) is 0 Å². The highest BCUT2D eigenvalue weighted by molar-refractivity contribution is 5.74. The van der Waals surface area contributed by atoms with Gasteiger partial charge in [-0.1, -0.05) is 31.2 Å². The predicted molar refractivity (Wildman–Crippen MR) is 73.8 cm³/mol. The third-order valence-electron chi connectivity index (χ3n) is 4.07. The summed E-state index contributed by atoms with van der Waals surface area (Å²) >= 11 is 0. The van der Waals surface area contributed by atoms with Gasteiger partial charge in [0.15, 0.2) is 0 Å². The fourth-order valence-corrected chi connectivity index (χ4v) is 3.05. The van der Waals surface area contributed by atoms with E-state index in [2.05, 4.69) is 6.07 Å². The summed E-state index contributed by atoms with van der Waals surface area (Å²) in [5, 5.41) is 10.9. The van der Waals surface area contributed by atoms with Crippen molar-refractivity contribution in [1.29, 1.82) is 0 Å². The van der Waals surface area contributed by atoms with Crippen LogP contribution in [0, 0.1) is 5.92 Å². The van der Waals surface area contributed by atoms with Crippen LogP contribution in [0.3, 0.4) is 0 Å². The molecule has 1 aliphatic carbocycles. The van der Waals surface area contributed by atoms with Gasteiger partial charge in [0.05, 0.1) is 18.1 Å². The normalized spacial score (nSPS) is 23.5. The van der Waals surface area contributed by atoms with Crippen LogP contribution in [0.4, 0.5) is 0 Å². The highest BCUT2D eigenvalue weighted by Crippen LogP contribution is 2.36. The van der Waals surface area contributed by atoms with E-state index in [1.807, 2.05) is 25.1 Å². The third kappa shape index (κ3) is 2.81. The first-order chi connectivity index (χ1) is 9.10. The zero-order valence-corrected chi connectivity index (χ0v) is 11.7. The number of fused-ring (bicyclic) bond motifs is 1. The Balaban J connectivity index is 2.21. The average molecular weight is 262 g/mol. The van der Waals surface area contributed by atoms with Crippen molar-refractivity contribution in [2.75, 3.05) is 6.61 Å². The number of aliphatic hydroxyl groups is 1. The Morgan fingerprint density at radius 3 is 2.68 bits per heavy atom. The van der Waals surface area contributed by atoms with Gasteiger partial charge in [-0.2, -0.15) is 0 Å². The molecule has 3 heteroatoms. The van der Waals surface area contributed by atoms with E-state index in [0.717, 1.165) is 12.0 Å². The van der Waals surface area contributed by atoms with Crippen LogP contribution in [0.25, 0.3) is 0 Å². The van der Waals surface area contributed by atoms with Crippen molar-refractivity contribution in [3.05, 3.63) is 35.4 Å². The van der Waals surface area contributed by atoms with E-state index in [1.165, 1.54) is 5.56 Å². The Morgan fingerprint density at radius 2 is 2.05 bits per heavy atom. The van der Waals surface area contributed by atoms with E-state index in [-0.39, 0.29) is 5.97 Å². The molecule has 3 nitrogen and oxygen atoms in total. The maximum atomic E-state index is 12.0. The van der Waals surface area contributed by atoms with Gasteiger partial charge in [0.2, 0.25) is 0 Å². The van der Waals surface area contributed by atoms with Gasteiger partial charge >= 0.3 is 5.97 Å². The molecular weight excluding hydrogens is 240 g/mol. The summed E-state index contributed by atoms with van der Waals surface area (Å²) in [5.74, 6) is -0.701. The highest BCUT2D eigenvalue weighted by Gasteiger charge is 2.43. The number of hydrogen-bond acceptors (Lipinski definition) is 3. The van der Waals surface area contributed by atoms with Crippen molar-refractivity contribution in [1.82, 2.24) is 0 Å². The number of aryl methyl sites for hydroxylation is 1. The second kappa shape index (κ2) is 5.74. The van der Waals surface area contributed by atoms with Gasteiger partial charge in [-0.15, -0.1) is 0 Å². The highest BCUT2D eigenvalue weighted by atomic mass is 16.5. The molecule has 0 amide bonds. The Labute approximate surface area is 114 Å². The van der Waals surface area contributed by atoms with E-state index < -0.39 is 11.5 Å². The quantitative estimate of drug-likeness (QED) is 0.848. The monoisotopic (exact) mass is 262 g/mol. The van der Waals surface area contributed by atoms with Crippen LogP contribution in [0.1, 0.15) is 37.8 Å². The third-order valence-corrected chi connectivity index (χ3v) is 4.07. The zero-order chi connectivity index (χ0) is 13.9. The number of carbonyl (C=O) groups is 1. The summed E-state index contributed by atoms with van der Waals surface area (Å²) in [6, 6.07) is 8.14. The first-order valence-corrected chi connectivity index (χ1v) is 7.06. The fraction of sp³-hybridized carbons (Fsp3) is 0.562. The molecule has 0 aromatic heterocycles. The lowest BCUT2D eigenvalue weighted by Crippen LogP contribution is -2.47. The Bertz CT molecular complexity index is 455. The fourth-order valence-electron chi connectivity index (χ4n) is 3.05. The standard InChI is InChI=1S/C16H22O3/c1-3-14(15(17)19-4-2)16(18)10-9-12-7-5-6-8-13(12)11-16/h5-8,14,18H,3-4,9-11H2,1-2H3. The molecule has 0 spiro atoms. The molecule has 1 aromatic carbocycles. The summed E-state index contributed by atoms with van der Waals surface area (Å²) in [6.45, 7) is 4.09. The molecule has 19 heavy (non-hydrogen) atoms. The average Bonchev–Trinajstić information content (AvgIpc) is 2.39. The lowest BCUT2D eigenvalue weighted by atomic mass is 9.72. The van der Waals surface area contributed by atoms with Crippen LogP contribution in [-0.2, 0) is 22.4 Å². The Kier molecular flexibility index (Phi) is 4.25. The van der Waals surface area contributed by atoms with E-state index in [1.54, 1.807) is 6.92 Å². The first-order valence-electron chi connectivity index (χ1n) is 7.06. The van der Waals surface area contributed by atoms with Crippen molar-refractivity contribution in [3.63, 3.8) is 0 Å². The minimum absolute atomic E-state index is 0.271. The molecule has 2 unspecified atom stereocenters. The summed E-state index contributed by atoms with van der Waals surface area (Å²) in [7, 11) is 0. The number of carbonyl (C=O) groups excluding carboxylic acids is 1. The number of benzene rings is 1. The summed E-state index contributed by atoms with van der Waals surface area (Å²) in [6.07, 6.45) is 2.60. The minimum atomic E-state index is -0.963. The molecule has 1 N–H and O–H groups in total. The van der Waals surface area contributed by atoms with E-state index >= 15 is 0 Å². The maximum Gasteiger partial charge on any atom is 0.311 e. The van der Waals surface area contributed by atoms with Crippen LogP contribution >= 0.6 is 0 Å². The summed E-state index contributed by atoms with van der Waals surface area (Å²) < 4.78 is 5.10. The molecule has 0 bridgehead atoms. The molecular formula is C16H22O3. The molecule has 0 saturated heterocycles. The molecule has 1 aromatic rings. The van der Waals surface area contributed by atoms with Crippen molar-refractivity contribution >= 4 is 5.97 Å². The van der Waals surface area contributed by atoms with Crippen LogP contribution in [0.15, 0.2) is 24.3 Å². The van der Waals surface area contributed by atoms with Gasteiger partial charge in [-0.05, 0) is 37.3 Å². The van der Waals surface area contributed by atoms with Crippen molar-refractivity contribution in [2.24, 2.45) is 5.92 Å². The van der Waals surface area contributed by atoms with Crippen molar-refractivity contribution in [3.8, 4) is 0 Å². The van der Waals surface area contributed by atoms with Crippen molar-refractivity contribution < 1.29 is 14.6 Å². The number of ether oxygens (including phenoxy) is 1. The lowest BCUT2D eigenvalue weighted by molar-refractivity contribution is -0.159. The molecule has 0 fully saturated rings. The van der Waals surface area contributed by atoms with Crippen LogP contribution < -0.4 is 0 Å². The van der Waals surface area contributed by atoms with E-state index in [0.29, 0.717) is 25.9 Å². The van der Waals surface area contributed by atoms with Gasteiger partial charge in [-0.3, -0.25) is 4.79 Å². The smallest absolute Gasteiger partial charge is 0.311 e. The molecule has 0 radical (unpaired) electrons.